The Bertz CT molecular complexity index is 1080. The summed E-state index contributed by atoms with van der Waals surface area (Å²) in [4.78, 5) is 12.9. The van der Waals surface area contributed by atoms with Crippen molar-refractivity contribution in [1.82, 2.24) is 9.62 Å². The van der Waals surface area contributed by atoms with Crippen molar-refractivity contribution >= 4 is 39.1 Å². The number of nitrogens with zero attached hydrogens (tertiary/aromatic N) is 1. The predicted molar refractivity (Wildman–Crippen MR) is 127 cm³/mol. The van der Waals surface area contributed by atoms with Crippen molar-refractivity contribution in [3.05, 3.63) is 62.6 Å². The Morgan fingerprint density at radius 3 is 2.41 bits per heavy atom. The fraction of sp³-hybridized carbons (Fsp3) is 0.435. The van der Waals surface area contributed by atoms with E-state index in [0.29, 0.717) is 39.9 Å². The lowest BCUT2D eigenvalue weighted by molar-refractivity contribution is -0.121. The van der Waals surface area contributed by atoms with Gasteiger partial charge in [-0.3, -0.25) is 4.79 Å². The number of nitrogens with one attached hydrogen (secondary N) is 1. The Morgan fingerprint density at radius 1 is 1.12 bits per heavy atom. The lowest BCUT2D eigenvalue weighted by Gasteiger charge is -2.24. The fourth-order valence-electron chi connectivity index (χ4n) is 4.02. The van der Waals surface area contributed by atoms with Crippen molar-refractivity contribution in [2.24, 2.45) is 0 Å². The van der Waals surface area contributed by atoms with Gasteiger partial charge in [-0.1, -0.05) is 47.0 Å². The highest BCUT2D eigenvalue weighted by Crippen LogP contribution is 2.28. The quantitative estimate of drug-likeness (QED) is 0.584. The van der Waals surface area contributed by atoms with Gasteiger partial charge in [0.25, 0.3) is 0 Å². The summed E-state index contributed by atoms with van der Waals surface area (Å²) in [5.41, 5.74) is 2.89. The summed E-state index contributed by atoms with van der Waals surface area (Å²) in [6, 6.07) is 8.59. The third-order valence-electron chi connectivity index (χ3n) is 5.42. The average Bonchev–Trinajstić information content (AvgIpc) is 3.21. The number of hydrogen-bond acceptors (Lipinski definition) is 4. The Balaban J connectivity index is 1.89. The minimum atomic E-state index is -3.97. The fourth-order valence-corrected chi connectivity index (χ4v) is 6.14. The highest BCUT2D eigenvalue weighted by molar-refractivity contribution is 7.89. The van der Waals surface area contributed by atoms with Crippen molar-refractivity contribution in [1.29, 1.82) is 0 Å². The van der Waals surface area contributed by atoms with Crippen LogP contribution in [0.25, 0.3) is 0 Å². The molecule has 2 aromatic carbocycles. The zero-order valence-corrected chi connectivity index (χ0v) is 20.8. The number of sulfonamides is 1. The van der Waals surface area contributed by atoms with E-state index >= 15 is 0 Å². The van der Waals surface area contributed by atoms with Gasteiger partial charge in [-0.25, -0.2) is 8.42 Å². The molecule has 0 spiro atoms. The van der Waals surface area contributed by atoms with E-state index in [0.717, 1.165) is 18.4 Å². The molecule has 9 heteroatoms. The first-order valence-electron chi connectivity index (χ1n) is 10.5. The molecule has 1 fully saturated rings. The standard InChI is InChI=1S/C23H28Cl2N2O4S/c1-15-9-16(2)23(17(3)10-15)32(29,30)27(13-18-6-7-20(24)21(25)11-18)14-22(28)26-12-19-5-4-8-31-19/h6-7,9-11,19H,4-5,8,12-14H2,1-3H3,(H,26,28). The van der Waals surface area contributed by atoms with E-state index in [1.807, 2.05) is 19.1 Å². The number of halogens is 2. The summed E-state index contributed by atoms with van der Waals surface area (Å²) in [7, 11) is -3.97. The van der Waals surface area contributed by atoms with Crippen LogP contribution in [-0.2, 0) is 26.1 Å². The zero-order chi connectivity index (χ0) is 23.5. The van der Waals surface area contributed by atoms with Crippen molar-refractivity contribution < 1.29 is 17.9 Å². The Labute approximate surface area is 199 Å². The van der Waals surface area contributed by atoms with Crippen molar-refractivity contribution in [2.75, 3.05) is 19.7 Å². The summed E-state index contributed by atoms with van der Waals surface area (Å²) in [6.45, 7) is 6.17. The highest BCUT2D eigenvalue weighted by atomic mass is 35.5. The molecule has 0 saturated carbocycles. The van der Waals surface area contributed by atoms with Crippen molar-refractivity contribution in [3.8, 4) is 0 Å². The van der Waals surface area contributed by atoms with Crippen LogP contribution >= 0.6 is 23.2 Å². The van der Waals surface area contributed by atoms with E-state index in [2.05, 4.69) is 5.32 Å². The second-order valence-corrected chi connectivity index (χ2v) is 10.9. The SMILES string of the molecule is Cc1cc(C)c(S(=O)(=O)N(CC(=O)NCC2CCCO2)Cc2ccc(Cl)c(Cl)c2)c(C)c1. The van der Waals surface area contributed by atoms with Crippen LogP contribution in [-0.4, -0.2) is 44.4 Å². The van der Waals surface area contributed by atoms with Gasteiger partial charge in [0.1, 0.15) is 0 Å². The second kappa shape index (κ2) is 10.5. The number of benzene rings is 2. The number of rotatable bonds is 8. The summed E-state index contributed by atoms with van der Waals surface area (Å²) < 4.78 is 34.1. The molecule has 1 unspecified atom stereocenters. The van der Waals surface area contributed by atoms with Crippen molar-refractivity contribution in [3.63, 3.8) is 0 Å². The molecule has 0 aromatic heterocycles. The minimum absolute atomic E-state index is 0.0146. The van der Waals surface area contributed by atoms with Crippen LogP contribution in [0.3, 0.4) is 0 Å². The van der Waals surface area contributed by atoms with Crippen LogP contribution in [0.1, 0.15) is 35.1 Å². The Morgan fingerprint density at radius 2 is 1.81 bits per heavy atom. The molecule has 1 amide bonds. The van der Waals surface area contributed by atoms with Crippen molar-refractivity contribution in [2.45, 2.75) is 51.2 Å². The third kappa shape index (κ3) is 6.02. The van der Waals surface area contributed by atoms with Gasteiger partial charge in [0, 0.05) is 19.7 Å². The molecule has 6 nitrogen and oxygen atoms in total. The maximum Gasteiger partial charge on any atom is 0.244 e. The smallest absolute Gasteiger partial charge is 0.244 e. The van der Waals surface area contributed by atoms with E-state index in [1.54, 1.807) is 32.0 Å². The first-order valence-corrected chi connectivity index (χ1v) is 12.7. The number of carbonyl (C=O) groups is 1. The van der Waals surface area contributed by atoms with Gasteiger partial charge in [0.15, 0.2) is 0 Å². The van der Waals surface area contributed by atoms with Crippen LogP contribution in [0.2, 0.25) is 10.0 Å². The van der Waals surface area contributed by atoms with Gasteiger partial charge in [-0.2, -0.15) is 4.31 Å². The largest absolute Gasteiger partial charge is 0.376 e. The minimum Gasteiger partial charge on any atom is -0.376 e. The molecule has 1 saturated heterocycles. The number of aryl methyl sites for hydroxylation is 3. The van der Waals surface area contributed by atoms with Gasteiger partial charge in [0.05, 0.1) is 27.6 Å². The summed E-state index contributed by atoms with van der Waals surface area (Å²) >= 11 is 12.1. The third-order valence-corrected chi connectivity index (χ3v) is 8.25. The lowest BCUT2D eigenvalue weighted by Crippen LogP contribution is -2.42. The number of amides is 1. The van der Waals surface area contributed by atoms with Gasteiger partial charge < -0.3 is 10.1 Å². The molecule has 3 rings (SSSR count). The predicted octanol–water partition coefficient (Wildman–Crippen LogP) is 4.40. The van der Waals surface area contributed by atoms with Gasteiger partial charge in [-0.05, 0) is 62.4 Å². The first kappa shape index (κ1) is 25.0. The van der Waals surface area contributed by atoms with Crippen LogP contribution < -0.4 is 5.32 Å². The summed E-state index contributed by atoms with van der Waals surface area (Å²) in [5.74, 6) is -0.383. The van der Waals surface area contributed by atoms with E-state index in [9.17, 15) is 13.2 Å². The van der Waals surface area contributed by atoms with Gasteiger partial charge in [-0.15, -0.1) is 0 Å². The number of hydrogen-bond donors (Lipinski definition) is 1. The average molecular weight is 499 g/mol. The molecule has 1 heterocycles. The molecule has 1 aliphatic rings. The monoisotopic (exact) mass is 498 g/mol. The number of ether oxygens (including phenoxy) is 1. The Hall–Kier alpha value is -1.64. The van der Waals surface area contributed by atoms with Gasteiger partial charge in [0.2, 0.25) is 15.9 Å². The van der Waals surface area contributed by atoms with Crippen LogP contribution in [0, 0.1) is 20.8 Å². The topological polar surface area (TPSA) is 75.7 Å². The molecule has 1 aliphatic heterocycles. The molecule has 0 radical (unpaired) electrons. The molecule has 32 heavy (non-hydrogen) atoms. The first-order chi connectivity index (χ1) is 15.1. The van der Waals surface area contributed by atoms with Crippen LogP contribution in [0.4, 0.5) is 0 Å². The van der Waals surface area contributed by atoms with E-state index < -0.39 is 10.0 Å². The van der Waals surface area contributed by atoms with E-state index in [-0.39, 0.29) is 30.0 Å². The molecule has 0 bridgehead atoms. The summed E-state index contributed by atoms with van der Waals surface area (Å²) in [5, 5.41) is 3.51. The lowest BCUT2D eigenvalue weighted by atomic mass is 10.1. The second-order valence-electron chi connectivity index (χ2n) is 8.19. The molecular formula is C23H28Cl2N2O4S. The zero-order valence-electron chi connectivity index (χ0n) is 18.5. The molecular weight excluding hydrogens is 471 g/mol. The van der Waals surface area contributed by atoms with Crippen LogP contribution in [0.15, 0.2) is 35.2 Å². The molecule has 0 aliphatic carbocycles. The maximum absolute atomic E-state index is 13.7. The van der Waals surface area contributed by atoms with E-state index in [4.69, 9.17) is 27.9 Å². The molecule has 1 atom stereocenters. The van der Waals surface area contributed by atoms with E-state index in [1.165, 1.54) is 4.31 Å². The Kier molecular flexibility index (Phi) is 8.22. The van der Waals surface area contributed by atoms with Gasteiger partial charge >= 0.3 is 0 Å². The maximum atomic E-state index is 13.7. The molecule has 2 aromatic rings. The summed E-state index contributed by atoms with van der Waals surface area (Å²) in [6.07, 6.45) is 1.82. The normalized spacial score (nSPS) is 16.5. The highest BCUT2D eigenvalue weighted by Gasteiger charge is 2.30. The van der Waals surface area contributed by atoms with Crippen LogP contribution in [0.5, 0.6) is 0 Å². The molecule has 174 valence electrons. The number of carbonyl (C=O) groups excluding carboxylic acids is 1. The molecule has 1 N–H and O–H groups in total.